The van der Waals surface area contributed by atoms with Crippen molar-refractivity contribution in [2.24, 2.45) is 0 Å². The molecule has 0 bridgehead atoms. The van der Waals surface area contributed by atoms with E-state index >= 15 is 0 Å². The lowest BCUT2D eigenvalue weighted by atomic mass is 10.2. The molecule has 0 unspecified atom stereocenters. The van der Waals surface area contributed by atoms with Crippen LogP contribution in [0.15, 0.2) is 30.3 Å². The highest BCUT2D eigenvalue weighted by atomic mass is 16.5. The van der Waals surface area contributed by atoms with E-state index in [1.165, 1.54) is 0 Å². The van der Waals surface area contributed by atoms with Crippen LogP contribution in [0.25, 0.3) is 10.8 Å². The number of pyridine rings is 1. The highest BCUT2D eigenvalue weighted by Gasteiger charge is 2.10. The summed E-state index contributed by atoms with van der Waals surface area (Å²) in [6.45, 7) is 7.96. The molecule has 0 N–H and O–H groups in total. The fourth-order valence-corrected chi connectivity index (χ4v) is 1.76. The van der Waals surface area contributed by atoms with Crippen molar-refractivity contribution in [2.45, 2.75) is 39.9 Å². The van der Waals surface area contributed by atoms with Gasteiger partial charge in [-0.1, -0.05) is 18.2 Å². The molecule has 1 aromatic carbocycles. The molecule has 0 saturated carbocycles. The minimum atomic E-state index is 0.0928. The lowest BCUT2D eigenvalue weighted by Crippen LogP contribution is -2.10. The molecule has 0 radical (unpaired) electrons. The zero-order valence-electron chi connectivity index (χ0n) is 11.3. The highest BCUT2D eigenvalue weighted by molar-refractivity contribution is 5.87. The zero-order chi connectivity index (χ0) is 13.1. The maximum atomic E-state index is 5.76. The van der Waals surface area contributed by atoms with E-state index in [1.54, 1.807) is 0 Å². The van der Waals surface area contributed by atoms with Crippen molar-refractivity contribution in [3.63, 3.8) is 0 Å². The molecule has 0 aliphatic carbocycles. The minimum Gasteiger partial charge on any atom is -0.475 e. The molecular formula is C15H19NO2. The first-order valence-electron chi connectivity index (χ1n) is 6.29. The summed E-state index contributed by atoms with van der Waals surface area (Å²) < 4.78 is 11.4. The second kappa shape index (κ2) is 5.25. The molecule has 0 aliphatic rings. The lowest BCUT2D eigenvalue weighted by Gasteiger charge is -2.14. The quantitative estimate of drug-likeness (QED) is 0.820. The molecule has 0 spiro atoms. The van der Waals surface area contributed by atoms with Crippen LogP contribution in [0, 0.1) is 0 Å². The maximum absolute atomic E-state index is 5.76. The molecule has 1 aromatic heterocycles. The third-order valence-electron chi connectivity index (χ3n) is 2.39. The normalized spacial score (nSPS) is 11.2. The second-order valence-corrected chi connectivity index (χ2v) is 4.82. The van der Waals surface area contributed by atoms with Crippen LogP contribution in [0.5, 0.6) is 11.8 Å². The molecule has 1 heterocycles. The van der Waals surface area contributed by atoms with Gasteiger partial charge in [0.1, 0.15) is 0 Å². The summed E-state index contributed by atoms with van der Waals surface area (Å²) in [6, 6.07) is 9.99. The standard InChI is InChI=1S/C15H19NO2/c1-10(2)17-14-9-12-7-5-6-8-13(12)15(16-14)18-11(3)4/h5-11H,1-4H3. The Labute approximate surface area is 108 Å². The molecule has 0 amide bonds. The summed E-state index contributed by atoms with van der Waals surface area (Å²) in [5.41, 5.74) is 0. The molecule has 96 valence electrons. The molecule has 18 heavy (non-hydrogen) atoms. The smallest absolute Gasteiger partial charge is 0.224 e. The van der Waals surface area contributed by atoms with Gasteiger partial charge >= 0.3 is 0 Å². The highest BCUT2D eigenvalue weighted by Crippen LogP contribution is 2.28. The van der Waals surface area contributed by atoms with Crippen molar-refractivity contribution in [3.8, 4) is 11.8 Å². The van der Waals surface area contributed by atoms with E-state index in [1.807, 2.05) is 58.0 Å². The molecule has 2 rings (SSSR count). The number of fused-ring (bicyclic) bond motifs is 1. The van der Waals surface area contributed by atoms with Crippen LogP contribution >= 0.6 is 0 Å². The Morgan fingerprint density at radius 1 is 0.944 bits per heavy atom. The summed E-state index contributed by atoms with van der Waals surface area (Å²) in [5.74, 6) is 1.25. The summed E-state index contributed by atoms with van der Waals surface area (Å²) in [6.07, 6.45) is 0.195. The minimum absolute atomic E-state index is 0.0928. The number of hydrogen-bond donors (Lipinski definition) is 0. The summed E-state index contributed by atoms with van der Waals surface area (Å²) >= 11 is 0. The fourth-order valence-electron chi connectivity index (χ4n) is 1.76. The van der Waals surface area contributed by atoms with Gasteiger partial charge in [-0.2, -0.15) is 4.98 Å². The first-order chi connectivity index (χ1) is 8.56. The fraction of sp³-hybridized carbons (Fsp3) is 0.400. The van der Waals surface area contributed by atoms with Crippen molar-refractivity contribution >= 4 is 10.8 Å². The van der Waals surface area contributed by atoms with Crippen molar-refractivity contribution in [1.29, 1.82) is 0 Å². The SMILES string of the molecule is CC(C)Oc1cc2ccccc2c(OC(C)C)n1. The van der Waals surface area contributed by atoms with E-state index in [4.69, 9.17) is 9.47 Å². The Kier molecular flexibility index (Phi) is 3.70. The zero-order valence-corrected chi connectivity index (χ0v) is 11.3. The second-order valence-electron chi connectivity index (χ2n) is 4.82. The van der Waals surface area contributed by atoms with Crippen LogP contribution < -0.4 is 9.47 Å². The number of nitrogens with zero attached hydrogens (tertiary/aromatic N) is 1. The van der Waals surface area contributed by atoms with Crippen molar-refractivity contribution in [1.82, 2.24) is 4.98 Å². The topological polar surface area (TPSA) is 31.4 Å². The molecule has 0 aliphatic heterocycles. The number of rotatable bonds is 4. The number of ether oxygens (including phenoxy) is 2. The Balaban J connectivity index is 2.49. The molecule has 3 heteroatoms. The monoisotopic (exact) mass is 245 g/mol. The van der Waals surface area contributed by atoms with Gasteiger partial charge in [-0.05, 0) is 39.1 Å². The van der Waals surface area contributed by atoms with Crippen LogP contribution in [0.3, 0.4) is 0 Å². The van der Waals surface area contributed by atoms with E-state index in [0.29, 0.717) is 11.8 Å². The summed E-state index contributed by atoms with van der Waals surface area (Å²) in [7, 11) is 0. The van der Waals surface area contributed by atoms with Crippen molar-refractivity contribution < 1.29 is 9.47 Å². The Morgan fingerprint density at radius 3 is 2.28 bits per heavy atom. The van der Waals surface area contributed by atoms with Gasteiger partial charge < -0.3 is 9.47 Å². The number of aromatic nitrogens is 1. The van der Waals surface area contributed by atoms with Gasteiger partial charge in [0.15, 0.2) is 0 Å². The third-order valence-corrected chi connectivity index (χ3v) is 2.39. The van der Waals surface area contributed by atoms with Crippen LogP contribution in [0.1, 0.15) is 27.7 Å². The predicted molar refractivity (Wildman–Crippen MR) is 73.3 cm³/mol. The number of benzene rings is 1. The number of hydrogen-bond acceptors (Lipinski definition) is 3. The average Bonchev–Trinajstić information content (AvgIpc) is 2.27. The Morgan fingerprint density at radius 2 is 1.61 bits per heavy atom. The van der Waals surface area contributed by atoms with Crippen molar-refractivity contribution in [3.05, 3.63) is 30.3 Å². The van der Waals surface area contributed by atoms with Crippen LogP contribution in [0.2, 0.25) is 0 Å². The lowest BCUT2D eigenvalue weighted by molar-refractivity contribution is 0.213. The Bertz CT molecular complexity index is 535. The van der Waals surface area contributed by atoms with E-state index < -0.39 is 0 Å². The van der Waals surface area contributed by atoms with E-state index in [0.717, 1.165) is 10.8 Å². The summed E-state index contributed by atoms with van der Waals surface area (Å²) in [4.78, 5) is 4.44. The van der Waals surface area contributed by atoms with Gasteiger partial charge in [-0.3, -0.25) is 0 Å². The summed E-state index contributed by atoms with van der Waals surface area (Å²) in [5, 5.41) is 2.10. The van der Waals surface area contributed by atoms with Crippen LogP contribution in [-0.4, -0.2) is 17.2 Å². The van der Waals surface area contributed by atoms with Gasteiger partial charge in [-0.25, -0.2) is 0 Å². The van der Waals surface area contributed by atoms with Gasteiger partial charge in [0.2, 0.25) is 11.8 Å². The van der Waals surface area contributed by atoms with Crippen LogP contribution in [0.4, 0.5) is 0 Å². The Hall–Kier alpha value is -1.77. The average molecular weight is 245 g/mol. The molecule has 2 aromatic rings. The van der Waals surface area contributed by atoms with E-state index in [9.17, 15) is 0 Å². The van der Waals surface area contributed by atoms with Gasteiger partial charge in [-0.15, -0.1) is 0 Å². The largest absolute Gasteiger partial charge is 0.475 e. The maximum Gasteiger partial charge on any atom is 0.224 e. The third kappa shape index (κ3) is 2.92. The molecular weight excluding hydrogens is 226 g/mol. The first kappa shape index (κ1) is 12.7. The predicted octanol–water partition coefficient (Wildman–Crippen LogP) is 3.81. The van der Waals surface area contributed by atoms with Crippen molar-refractivity contribution in [2.75, 3.05) is 0 Å². The molecule has 0 fully saturated rings. The van der Waals surface area contributed by atoms with Gasteiger partial charge in [0.05, 0.1) is 12.2 Å². The van der Waals surface area contributed by atoms with E-state index in [2.05, 4.69) is 4.98 Å². The van der Waals surface area contributed by atoms with Gasteiger partial charge in [0.25, 0.3) is 0 Å². The molecule has 0 atom stereocenters. The molecule has 0 saturated heterocycles. The first-order valence-corrected chi connectivity index (χ1v) is 6.29. The van der Waals surface area contributed by atoms with E-state index in [-0.39, 0.29) is 12.2 Å². The van der Waals surface area contributed by atoms with Gasteiger partial charge in [0, 0.05) is 11.5 Å². The molecule has 3 nitrogen and oxygen atoms in total. The van der Waals surface area contributed by atoms with Crippen LogP contribution in [-0.2, 0) is 0 Å².